The quantitative estimate of drug-likeness (QED) is 0.939. The fourth-order valence-corrected chi connectivity index (χ4v) is 2.32. The molecule has 1 aromatic heterocycles. The van der Waals surface area contributed by atoms with Gasteiger partial charge in [0.1, 0.15) is 0 Å². The molecule has 0 saturated heterocycles. The smallest absolute Gasteiger partial charge is 0.0797 e. The van der Waals surface area contributed by atoms with Crippen molar-refractivity contribution in [3.63, 3.8) is 0 Å². The maximum atomic E-state index is 4.44. The molecule has 0 saturated carbocycles. The third-order valence-corrected chi connectivity index (χ3v) is 3.26. The van der Waals surface area contributed by atoms with Crippen LogP contribution in [0.25, 0.3) is 0 Å². The van der Waals surface area contributed by atoms with E-state index in [1.54, 1.807) is 0 Å². The van der Waals surface area contributed by atoms with Crippen LogP contribution in [0, 0.1) is 0 Å². The van der Waals surface area contributed by atoms with E-state index in [4.69, 9.17) is 0 Å². The van der Waals surface area contributed by atoms with Crippen molar-refractivity contribution in [1.29, 1.82) is 0 Å². The van der Waals surface area contributed by atoms with E-state index in [1.165, 1.54) is 5.56 Å². The molecule has 2 aromatic rings. The average molecular weight is 294 g/mol. The average Bonchev–Trinajstić information content (AvgIpc) is 2.73. The van der Waals surface area contributed by atoms with E-state index in [0.717, 1.165) is 16.6 Å². The first-order valence-corrected chi connectivity index (χ1v) is 6.39. The molecule has 1 atom stereocenters. The Bertz CT molecular complexity index is 493. The van der Waals surface area contributed by atoms with Gasteiger partial charge in [0.05, 0.1) is 11.7 Å². The normalized spacial score (nSPS) is 12.6. The fourth-order valence-electron chi connectivity index (χ4n) is 1.87. The first-order chi connectivity index (χ1) is 8.19. The second-order valence-electron chi connectivity index (χ2n) is 4.09. The standard InChI is InChI=1S/C13H16BrN3/c1-15-13(12-6-7-17(2)16-12)9-10-4-3-5-11(14)8-10/h3-8,13,15H,9H2,1-2H3. The highest BCUT2D eigenvalue weighted by molar-refractivity contribution is 9.10. The van der Waals surface area contributed by atoms with Crippen molar-refractivity contribution in [1.82, 2.24) is 15.1 Å². The molecule has 0 radical (unpaired) electrons. The van der Waals surface area contributed by atoms with E-state index in [1.807, 2.05) is 31.0 Å². The van der Waals surface area contributed by atoms with Gasteiger partial charge in [-0.2, -0.15) is 5.10 Å². The molecule has 2 rings (SSSR count). The zero-order chi connectivity index (χ0) is 12.3. The van der Waals surface area contributed by atoms with Crippen LogP contribution in [-0.2, 0) is 13.5 Å². The zero-order valence-corrected chi connectivity index (χ0v) is 11.6. The van der Waals surface area contributed by atoms with Gasteiger partial charge in [-0.25, -0.2) is 0 Å². The number of nitrogens with zero attached hydrogens (tertiary/aromatic N) is 2. The molecule has 4 heteroatoms. The van der Waals surface area contributed by atoms with Crippen molar-refractivity contribution in [2.45, 2.75) is 12.5 Å². The summed E-state index contributed by atoms with van der Waals surface area (Å²) in [5.41, 5.74) is 2.37. The number of hydrogen-bond acceptors (Lipinski definition) is 2. The highest BCUT2D eigenvalue weighted by Gasteiger charge is 2.12. The maximum Gasteiger partial charge on any atom is 0.0797 e. The number of halogens is 1. The van der Waals surface area contributed by atoms with Gasteiger partial charge < -0.3 is 5.32 Å². The van der Waals surface area contributed by atoms with Gasteiger partial charge in [0.15, 0.2) is 0 Å². The van der Waals surface area contributed by atoms with Crippen LogP contribution >= 0.6 is 15.9 Å². The van der Waals surface area contributed by atoms with Gasteiger partial charge in [0, 0.05) is 17.7 Å². The lowest BCUT2D eigenvalue weighted by Gasteiger charge is -2.14. The Morgan fingerprint density at radius 2 is 2.24 bits per heavy atom. The third-order valence-electron chi connectivity index (χ3n) is 2.77. The van der Waals surface area contributed by atoms with Crippen molar-refractivity contribution in [3.05, 3.63) is 52.3 Å². The second-order valence-corrected chi connectivity index (χ2v) is 5.01. The van der Waals surface area contributed by atoms with Crippen molar-refractivity contribution >= 4 is 15.9 Å². The van der Waals surface area contributed by atoms with Gasteiger partial charge in [-0.05, 0) is 37.2 Å². The summed E-state index contributed by atoms with van der Waals surface area (Å²) in [6, 6.07) is 10.7. The Morgan fingerprint density at radius 3 is 2.82 bits per heavy atom. The van der Waals surface area contributed by atoms with E-state index in [2.05, 4.69) is 50.6 Å². The van der Waals surface area contributed by atoms with Gasteiger partial charge in [-0.15, -0.1) is 0 Å². The second kappa shape index (κ2) is 5.47. The predicted molar refractivity (Wildman–Crippen MR) is 72.9 cm³/mol. The summed E-state index contributed by atoms with van der Waals surface area (Å²) in [5, 5.41) is 7.75. The Labute approximate surface area is 110 Å². The van der Waals surface area contributed by atoms with Gasteiger partial charge in [-0.1, -0.05) is 28.1 Å². The summed E-state index contributed by atoms with van der Waals surface area (Å²) in [5.74, 6) is 0. The maximum absolute atomic E-state index is 4.44. The van der Waals surface area contributed by atoms with Crippen molar-refractivity contribution < 1.29 is 0 Å². The minimum Gasteiger partial charge on any atom is -0.311 e. The van der Waals surface area contributed by atoms with Gasteiger partial charge in [0.25, 0.3) is 0 Å². The van der Waals surface area contributed by atoms with Crippen molar-refractivity contribution in [2.24, 2.45) is 7.05 Å². The van der Waals surface area contributed by atoms with E-state index in [0.29, 0.717) is 0 Å². The Balaban J connectivity index is 2.15. The zero-order valence-electron chi connectivity index (χ0n) is 10.0. The Morgan fingerprint density at radius 1 is 1.41 bits per heavy atom. The van der Waals surface area contributed by atoms with Crippen LogP contribution in [0.1, 0.15) is 17.3 Å². The molecule has 0 aliphatic rings. The number of benzene rings is 1. The third kappa shape index (κ3) is 3.17. The van der Waals surface area contributed by atoms with Crippen LogP contribution in [0.3, 0.4) is 0 Å². The van der Waals surface area contributed by atoms with Gasteiger partial charge >= 0.3 is 0 Å². The molecule has 0 aliphatic carbocycles. The molecule has 1 unspecified atom stereocenters. The summed E-state index contributed by atoms with van der Waals surface area (Å²) >= 11 is 3.49. The Hall–Kier alpha value is -1.13. The number of aryl methyl sites for hydroxylation is 1. The molecule has 1 N–H and O–H groups in total. The summed E-state index contributed by atoms with van der Waals surface area (Å²) in [6.07, 6.45) is 2.91. The highest BCUT2D eigenvalue weighted by Crippen LogP contribution is 2.19. The lowest BCUT2D eigenvalue weighted by atomic mass is 10.0. The summed E-state index contributed by atoms with van der Waals surface area (Å²) < 4.78 is 2.95. The number of rotatable bonds is 4. The number of aromatic nitrogens is 2. The van der Waals surface area contributed by atoms with Gasteiger partial charge in [0.2, 0.25) is 0 Å². The molecule has 1 heterocycles. The van der Waals surface area contributed by atoms with E-state index in [9.17, 15) is 0 Å². The van der Waals surface area contributed by atoms with Crippen LogP contribution in [0.15, 0.2) is 41.0 Å². The summed E-state index contributed by atoms with van der Waals surface area (Å²) in [4.78, 5) is 0. The SMILES string of the molecule is CNC(Cc1cccc(Br)c1)c1ccn(C)n1. The minimum atomic E-state index is 0.255. The van der Waals surface area contributed by atoms with Crippen LogP contribution in [-0.4, -0.2) is 16.8 Å². The van der Waals surface area contributed by atoms with E-state index < -0.39 is 0 Å². The molecule has 90 valence electrons. The molecule has 0 amide bonds. The number of hydrogen-bond donors (Lipinski definition) is 1. The molecule has 17 heavy (non-hydrogen) atoms. The Kier molecular flexibility index (Phi) is 3.97. The molecule has 3 nitrogen and oxygen atoms in total. The molecular weight excluding hydrogens is 278 g/mol. The molecule has 1 aromatic carbocycles. The van der Waals surface area contributed by atoms with Crippen LogP contribution in [0.4, 0.5) is 0 Å². The largest absolute Gasteiger partial charge is 0.311 e. The molecule has 0 spiro atoms. The van der Waals surface area contributed by atoms with Crippen LogP contribution < -0.4 is 5.32 Å². The van der Waals surface area contributed by atoms with Gasteiger partial charge in [-0.3, -0.25) is 4.68 Å². The molecule has 0 aliphatic heterocycles. The molecular formula is C13H16BrN3. The van der Waals surface area contributed by atoms with E-state index in [-0.39, 0.29) is 6.04 Å². The number of nitrogens with one attached hydrogen (secondary N) is 1. The lowest BCUT2D eigenvalue weighted by Crippen LogP contribution is -2.19. The first kappa shape index (κ1) is 12.3. The minimum absolute atomic E-state index is 0.255. The van der Waals surface area contributed by atoms with E-state index >= 15 is 0 Å². The van der Waals surface area contributed by atoms with Crippen LogP contribution in [0.2, 0.25) is 0 Å². The highest BCUT2D eigenvalue weighted by atomic mass is 79.9. The fraction of sp³-hybridized carbons (Fsp3) is 0.308. The predicted octanol–water partition coefficient (Wildman–Crippen LogP) is 2.69. The van der Waals surface area contributed by atoms with Crippen LogP contribution in [0.5, 0.6) is 0 Å². The van der Waals surface area contributed by atoms with Crippen molar-refractivity contribution in [3.8, 4) is 0 Å². The lowest BCUT2D eigenvalue weighted by molar-refractivity contribution is 0.563. The summed E-state index contributed by atoms with van der Waals surface area (Å²) in [7, 11) is 3.91. The molecule has 0 fully saturated rings. The first-order valence-electron chi connectivity index (χ1n) is 5.60. The monoisotopic (exact) mass is 293 g/mol. The topological polar surface area (TPSA) is 29.9 Å². The van der Waals surface area contributed by atoms with Crippen molar-refractivity contribution in [2.75, 3.05) is 7.05 Å². The molecule has 0 bridgehead atoms. The summed E-state index contributed by atoms with van der Waals surface area (Å²) in [6.45, 7) is 0. The number of likely N-dealkylation sites (N-methyl/N-ethyl adjacent to an activating group) is 1.